The topological polar surface area (TPSA) is 21.3 Å². The van der Waals surface area contributed by atoms with Crippen molar-refractivity contribution in [1.82, 2.24) is 5.32 Å². The van der Waals surface area contributed by atoms with Gasteiger partial charge in [0.25, 0.3) is 0 Å². The molecule has 0 radical (unpaired) electrons. The molecule has 2 rings (SSSR count). The van der Waals surface area contributed by atoms with Gasteiger partial charge in [0, 0.05) is 13.0 Å². The highest BCUT2D eigenvalue weighted by molar-refractivity contribution is 5.17. The number of benzene rings is 1. The third-order valence-corrected chi connectivity index (χ3v) is 2.59. The molecule has 1 aliphatic heterocycles. The fourth-order valence-electron chi connectivity index (χ4n) is 1.74. The summed E-state index contributed by atoms with van der Waals surface area (Å²) in [4.78, 5) is 0. The molecule has 1 N–H and O–H groups in total. The summed E-state index contributed by atoms with van der Waals surface area (Å²) >= 11 is 0. The van der Waals surface area contributed by atoms with Crippen molar-refractivity contribution in [3.63, 3.8) is 0 Å². The minimum atomic E-state index is -0.184. The fourth-order valence-corrected chi connectivity index (χ4v) is 1.74. The molecule has 1 fully saturated rings. The Labute approximate surface area is 89.4 Å². The summed E-state index contributed by atoms with van der Waals surface area (Å²) in [5, 5.41) is 3.29. The van der Waals surface area contributed by atoms with E-state index in [4.69, 9.17) is 4.74 Å². The fraction of sp³-hybridized carbons (Fsp3) is 0.500. The summed E-state index contributed by atoms with van der Waals surface area (Å²) < 4.78 is 18.5. The van der Waals surface area contributed by atoms with Crippen LogP contribution in [0.3, 0.4) is 0 Å². The molecule has 2 atom stereocenters. The van der Waals surface area contributed by atoms with E-state index in [2.05, 4.69) is 12.2 Å². The molecule has 1 saturated heterocycles. The third kappa shape index (κ3) is 3.01. The Bertz CT molecular complexity index is 321. The molecule has 1 aliphatic rings. The van der Waals surface area contributed by atoms with E-state index < -0.39 is 0 Å². The Hall–Kier alpha value is -0.930. The highest BCUT2D eigenvalue weighted by atomic mass is 19.1. The van der Waals surface area contributed by atoms with Crippen molar-refractivity contribution in [1.29, 1.82) is 0 Å². The minimum absolute atomic E-state index is 0.0306. The number of hydrogen-bond acceptors (Lipinski definition) is 2. The minimum Gasteiger partial charge on any atom is -0.363 e. The van der Waals surface area contributed by atoms with Crippen molar-refractivity contribution in [2.45, 2.75) is 19.6 Å². The largest absolute Gasteiger partial charge is 0.363 e. The average Bonchev–Trinajstić information content (AvgIpc) is 2.22. The summed E-state index contributed by atoms with van der Waals surface area (Å²) in [6.07, 6.45) is 0.757. The standard InChI is InChI=1S/C12H16FNO/c1-9-7-14-12(15-8-9)6-10-3-2-4-11(13)5-10/h2-5,9,12,14H,6-8H2,1H3. The smallest absolute Gasteiger partial charge is 0.123 e. The zero-order valence-electron chi connectivity index (χ0n) is 8.87. The molecule has 1 aromatic carbocycles. The number of ether oxygens (including phenoxy) is 1. The first-order valence-electron chi connectivity index (χ1n) is 5.33. The molecule has 3 heteroatoms. The second-order valence-corrected chi connectivity index (χ2v) is 4.17. The van der Waals surface area contributed by atoms with Crippen LogP contribution in [-0.4, -0.2) is 19.4 Å². The molecule has 82 valence electrons. The molecule has 0 spiro atoms. The lowest BCUT2D eigenvalue weighted by Gasteiger charge is -2.28. The Morgan fingerprint density at radius 3 is 3.07 bits per heavy atom. The first-order valence-corrected chi connectivity index (χ1v) is 5.33. The lowest BCUT2D eigenvalue weighted by Crippen LogP contribution is -2.43. The number of nitrogens with one attached hydrogen (secondary N) is 1. The predicted octanol–water partition coefficient (Wildman–Crippen LogP) is 1.95. The van der Waals surface area contributed by atoms with Gasteiger partial charge in [-0.25, -0.2) is 4.39 Å². The van der Waals surface area contributed by atoms with Crippen LogP contribution in [0.5, 0.6) is 0 Å². The van der Waals surface area contributed by atoms with Crippen LogP contribution in [0.1, 0.15) is 12.5 Å². The Morgan fingerprint density at radius 2 is 2.40 bits per heavy atom. The lowest BCUT2D eigenvalue weighted by atomic mass is 10.1. The SMILES string of the molecule is CC1CNC(Cc2cccc(F)c2)OC1. The van der Waals surface area contributed by atoms with Gasteiger partial charge in [-0.15, -0.1) is 0 Å². The van der Waals surface area contributed by atoms with Crippen molar-refractivity contribution in [3.05, 3.63) is 35.6 Å². The second kappa shape index (κ2) is 4.73. The summed E-state index contributed by atoms with van der Waals surface area (Å²) in [6, 6.07) is 6.67. The van der Waals surface area contributed by atoms with E-state index in [1.807, 2.05) is 6.07 Å². The molecule has 15 heavy (non-hydrogen) atoms. The zero-order chi connectivity index (χ0) is 10.7. The Morgan fingerprint density at radius 1 is 1.53 bits per heavy atom. The van der Waals surface area contributed by atoms with E-state index in [-0.39, 0.29) is 12.0 Å². The van der Waals surface area contributed by atoms with Gasteiger partial charge in [0.2, 0.25) is 0 Å². The molecule has 0 aromatic heterocycles. The van der Waals surface area contributed by atoms with Gasteiger partial charge in [-0.3, -0.25) is 5.32 Å². The monoisotopic (exact) mass is 209 g/mol. The summed E-state index contributed by atoms with van der Waals surface area (Å²) in [6.45, 7) is 3.90. The molecule has 2 unspecified atom stereocenters. The van der Waals surface area contributed by atoms with E-state index in [0.29, 0.717) is 5.92 Å². The Balaban J connectivity index is 1.92. The second-order valence-electron chi connectivity index (χ2n) is 4.17. The predicted molar refractivity (Wildman–Crippen MR) is 57.0 cm³/mol. The van der Waals surface area contributed by atoms with Crippen LogP contribution in [-0.2, 0) is 11.2 Å². The molecule has 1 aromatic rings. The molecule has 2 nitrogen and oxygen atoms in total. The van der Waals surface area contributed by atoms with E-state index in [9.17, 15) is 4.39 Å². The van der Waals surface area contributed by atoms with Crippen molar-refractivity contribution < 1.29 is 9.13 Å². The first-order chi connectivity index (χ1) is 7.24. The van der Waals surface area contributed by atoms with Crippen LogP contribution in [0, 0.1) is 11.7 Å². The maximum absolute atomic E-state index is 12.9. The van der Waals surface area contributed by atoms with Crippen LogP contribution >= 0.6 is 0 Å². The number of halogens is 1. The van der Waals surface area contributed by atoms with Gasteiger partial charge < -0.3 is 4.74 Å². The number of rotatable bonds is 2. The van der Waals surface area contributed by atoms with Gasteiger partial charge >= 0.3 is 0 Å². The summed E-state index contributed by atoms with van der Waals surface area (Å²) in [5.74, 6) is 0.380. The van der Waals surface area contributed by atoms with Crippen LogP contribution in [0.2, 0.25) is 0 Å². The van der Waals surface area contributed by atoms with E-state index >= 15 is 0 Å². The van der Waals surface area contributed by atoms with Crippen LogP contribution < -0.4 is 5.32 Å². The average molecular weight is 209 g/mol. The normalized spacial score (nSPS) is 26.5. The Kier molecular flexibility index (Phi) is 3.34. The molecule has 0 aliphatic carbocycles. The van der Waals surface area contributed by atoms with Crippen molar-refractivity contribution in [2.24, 2.45) is 5.92 Å². The van der Waals surface area contributed by atoms with Gasteiger partial charge in [0.05, 0.1) is 6.61 Å². The van der Waals surface area contributed by atoms with Crippen LogP contribution in [0.15, 0.2) is 24.3 Å². The maximum atomic E-state index is 12.9. The third-order valence-electron chi connectivity index (χ3n) is 2.59. The quantitative estimate of drug-likeness (QED) is 0.803. The van der Waals surface area contributed by atoms with Crippen molar-refractivity contribution >= 4 is 0 Å². The van der Waals surface area contributed by atoms with Gasteiger partial charge in [-0.2, -0.15) is 0 Å². The van der Waals surface area contributed by atoms with E-state index in [1.54, 1.807) is 12.1 Å². The van der Waals surface area contributed by atoms with E-state index in [0.717, 1.165) is 25.1 Å². The van der Waals surface area contributed by atoms with Crippen LogP contribution in [0.4, 0.5) is 4.39 Å². The van der Waals surface area contributed by atoms with Crippen molar-refractivity contribution in [2.75, 3.05) is 13.2 Å². The zero-order valence-corrected chi connectivity index (χ0v) is 8.87. The maximum Gasteiger partial charge on any atom is 0.123 e. The van der Waals surface area contributed by atoms with Crippen LogP contribution in [0.25, 0.3) is 0 Å². The summed E-state index contributed by atoms with van der Waals surface area (Å²) in [5.41, 5.74) is 0.974. The van der Waals surface area contributed by atoms with Gasteiger partial charge in [-0.05, 0) is 23.6 Å². The lowest BCUT2D eigenvalue weighted by molar-refractivity contribution is -0.0228. The molecular weight excluding hydrogens is 193 g/mol. The van der Waals surface area contributed by atoms with Gasteiger partial charge in [-0.1, -0.05) is 19.1 Å². The molecule has 0 saturated carbocycles. The summed E-state index contributed by atoms with van der Waals surface area (Å²) in [7, 11) is 0. The highest BCUT2D eigenvalue weighted by Crippen LogP contribution is 2.11. The number of hydrogen-bond donors (Lipinski definition) is 1. The highest BCUT2D eigenvalue weighted by Gasteiger charge is 2.17. The van der Waals surface area contributed by atoms with E-state index in [1.165, 1.54) is 6.07 Å². The molecular formula is C12H16FNO. The molecule has 1 heterocycles. The van der Waals surface area contributed by atoms with Gasteiger partial charge in [0.15, 0.2) is 0 Å². The molecule has 0 bridgehead atoms. The first kappa shape index (κ1) is 10.6. The van der Waals surface area contributed by atoms with Crippen molar-refractivity contribution in [3.8, 4) is 0 Å². The molecule has 0 amide bonds. The van der Waals surface area contributed by atoms with Gasteiger partial charge in [0.1, 0.15) is 12.0 Å².